The summed E-state index contributed by atoms with van der Waals surface area (Å²) in [6, 6.07) is 14.2. The average molecular weight is 339 g/mol. The SMILES string of the molecule is Brc1cc(-c2nc3ccccc3[nH]2)ccc1-n1ccnc1. The summed E-state index contributed by atoms with van der Waals surface area (Å²) in [4.78, 5) is 12.0. The van der Waals surface area contributed by atoms with Gasteiger partial charge in [-0.05, 0) is 46.3 Å². The van der Waals surface area contributed by atoms with Crippen LogP contribution in [0, 0.1) is 0 Å². The van der Waals surface area contributed by atoms with Crippen LogP contribution in [0.25, 0.3) is 28.1 Å². The van der Waals surface area contributed by atoms with Crippen molar-refractivity contribution in [3.05, 3.63) is 65.7 Å². The first-order valence-electron chi connectivity index (χ1n) is 6.54. The van der Waals surface area contributed by atoms with Gasteiger partial charge in [0.05, 0.1) is 23.0 Å². The highest BCUT2D eigenvalue weighted by Crippen LogP contribution is 2.28. The third-order valence-corrected chi connectivity index (χ3v) is 4.03. The molecule has 21 heavy (non-hydrogen) atoms. The number of nitrogens with zero attached hydrogens (tertiary/aromatic N) is 3. The van der Waals surface area contributed by atoms with Crippen molar-refractivity contribution in [1.82, 2.24) is 19.5 Å². The molecule has 4 nitrogen and oxygen atoms in total. The summed E-state index contributed by atoms with van der Waals surface area (Å²) in [5.74, 6) is 0.870. The second kappa shape index (κ2) is 4.86. The molecule has 0 fully saturated rings. The molecule has 4 aromatic rings. The molecule has 0 saturated carbocycles. The molecule has 0 unspecified atom stereocenters. The van der Waals surface area contributed by atoms with E-state index in [4.69, 9.17) is 0 Å². The van der Waals surface area contributed by atoms with Crippen molar-refractivity contribution in [2.75, 3.05) is 0 Å². The summed E-state index contributed by atoms with van der Waals surface area (Å²) in [6.07, 6.45) is 5.46. The molecule has 2 aromatic heterocycles. The first kappa shape index (κ1) is 12.3. The van der Waals surface area contributed by atoms with Gasteiger partial charge in [-0.25, -0.2) is 9.97 Å². The molecule has 0 aliphatic carbocycles. The van der Waals surface area contributed by atoms with E-state index in [2.05, 4.69) is 43.0 Å². The molecule has 2 heterocycles. The minimum atomic E-state index is 0.870. The van der Waals surface area contributed by atoms with Crippen LogP contribution in [0.1, 0.15) is 0 Å². The second-order valence-electron chi connectivity index (χ2n) is 4.74. The van der Waals surface area contributed by atoms with Crippen molar-refractivity contribution in [2.45, 2.75) is 0 Å². The predicted molar refractivity (Wildman–Crippen MR) is 86.4 cm³/mol. The van der Waals surface area contributed by atoms with E-state index in [0.29, 0.717) is 0 Å². The Balaban J connectivity index is 1.80. The summed E-state index contributed by atoms with van der Waals surface area (Å²) < 4.78 is 2.96. The number of aromatic amines is 1. The lowest BCUT2D eigenvalue weighted by Crippen LogP contribution is -1.92. The van der Waals surface area contributed by atoms with Crippen LogP contribution < -0.4 is 0 Å². The number of para-hydroxylation sites is 2. The highest BCUT2D eigenvalue weighted by molar-refractivity contribution is 9.10. The molecule has 0 aliphatic heterocycles. The largest absolute Gasteiger partial charge is 0.338 e. The van der Waals surface area contributed by atoms with Crippen LogP contribution in [-0.4, -0.2) is 19.5 Å². The van der Waals surface area contributed by atoms with Gasteiger partial charge in [0, 0.05) is 22.4 Å². The first-order valence-corrected chi connectivity index (χ1v) is 7.33. The van der Waals surface area contributed by atoms with E-state index in [1.54, 1.807) is 12.5 Å². The molecule has 102 valence electrons. The van der Waals surface area contributed by atoms with Crippen molar-refractivity contribution in [1.29, 1.82) is 0 Å². The molecule has 0 spiro atoms. The van der Waals surface area contributed by atoms with Crippen LogP contribution in [0.5, 0.6) is 0 Å². The fourth-order valence-corrected chi connectivity index (χ4v) is 2.94. The molecular weight excluding hydrogens is 328 g/mol. The van der Waals surface area contributed by atoms with Crippen molar-refractivity contribution < 1.29 is 0 Å². The van der Waals surface area contributed by atoms with E-state index in [-0.39, 0.29) is 0 Å². The highest BCUT2D eigenvalue weighted by atomic mass is 79.9. The summed E-state index contributed by atoms with van der Waals surface area (Å²) >= 11 is 3.62. The van der Waals surface area contributed by atoms with Gasteiger partial charge >= 0.3 is 0 Å². The number of nitrogens with one attached hydrogen (secondary N) is 1. The summed E-state index contributed by atoms with van der Waals surface area (Å²) in [5, 5.41) is 0. The Morgan fingerprint density at radius 1 is 1.10 bits per heavy atom. The number of H-pyrrole nitrogens is 1. The van der Waals surface area contributed by atoms with Crippen LogP contribution in [0.3, 0.4) is 0 Å². The fraction of sp³-hybridized carbons (Fsp3) is 0. The molecule has 4 rings (SSSR count). The molecule has 2 aromatic carbocycles. The smallest absolute Gasteiger partial charge is 0.138 e. The van der Waals surface area contributed by atoms with Gasteiger partial charge in [0.15, 0.2) is 0 Å². The normalized spacial score (nSPS) is 11.1. The van der Waals surface area contributed by atoms with Crippen molar-refractivity contribution in [3.8, 4) is 17.1 Å². The van der Waals surface area contributed by atoms with E-state index in [1.165, 1.54) is 0 Å². The molecule has 0 atom stereocenters. The van der Waals surface area contributed by atoms with Crippen LogP contribution >= 0.6 is 15.9 Å². The van der Waals surface area contributed by atoms with Gasteiger partial charge in [-0.1, -0.05) is 12.1 Å². The lowest BCUT2D eigenvalue weighted by Gasteiger charge is -2.06. The van der Waals surface area contributed by atoms with Gasteiger partial charge in [0.2, 0.25) is 0 Å². The first-order chi connectivity index (χ1) is 10.3. The minimum absolute atomic E-state index is 0.870. The van der Waals surface area contributed by atoms with Crippen molar-refractivity contribution >= 4 is 27.0 Å². The third kappa shape index (κ3) is 2.15. The van der Waals surface area contributed by atoms with Crippen LogP contribution in [0.15, 0.2) is 65.7 Å². The minimum Gasteiger partial charge on any atom is -0.338 e. The molecular formula is C16H11BrN4. The maximum Gasteiger partial charge on any atom is 0.138 e. The van der Waals surface area contributed by atoms with Gasteiger partial charge < -0.3 is 9.55 Å². The highest BCUT2D eigenvalue weighted by Gasteiger charge is 2.08. The van der Waals surface area contributed by atoms with E-state index in [1.807, 2.05) is 41.1 Å². The van der Waals surface area contributed by atoms with Gasteiger partial charge in [-0.3, -0.25) is 0 Å². The van der Waals surface area contributed by atoms with E-state index < -0.39 is 0 Å². The van der Waals surface area contributed by atoms with Gasteiger partial charge in [0.1, 0.15) is 5.82 Å². The molecule has 0 aliphatic rings. The molecule has 0 saturated heterocycles. The predicted octanol–water partition coefficient (Wildman–Crippen LogP) is 4.18. The van der Waals surface area contributed by atoms with E-state index >= 15 is 0 Å². The number of imidazole rings is 2. The second-order valence-corrected chi connectivity index (χ2v) is 5.59. The lowest BCUT2D eigenvalue weighted by molar-refractivity contribution is 1.05. The van der Waals surface area contributed by atoms with Crippen LogP contribution in [-0.2, 0) is 0 Å². The van der Waals surface area contributed by atoms with E-state index in [9.17, 15) is 0 Å². The third-order valence-electron chi connectivity index (χ3n) is 3.39. The zero-order valence-corrected chi connectivity index (χ0v) is 12.6. The number of aromatic nitrogens is 4. The van der Waals surface area contributed by atoms with Gasteiger partial charge in [-0.15, -0.1) is 0 Å². The Morgan fingerprint density at radius 3 is 2.76 bits per heavy atom. The Kier molecular flexibility index (Phi) is 2.86. The number of halogens is 1. The zero-order valence-electron chi connectivity index (χ0n) is 11.0. The summed E-state index contributed by atoms with van der Waals surface area (Å²) in [6.45, 7) is 0. The Bertz CT molecular complexity index is 876. The Morgan fingerprint density at radius 2 is 2.00 bits per heavy atom. The topological polar surface area (TPSA) is 46.5 Å². The molecule has 1 N–H and O–H groups in total. The van der Waals surface area contributed by atoms with Crippen LogP contribution in [0.2, 0.25) is 0 Å². The molecule has 0 amide bonds. The number of hydrogen-bond acceptors (Lipinski definition) is 2. The quantitative estimate of drug-likeness (QED) is 0.596. The fourth-order valence-electron chi connectivity index (χ4n) is 2.35. The van der Waals surface area contributed by atoms with Crippen LogP contribution in [0.4, 0.5) is 0 Å². The zero-order chi connectivity index (χ0) is 14.2. The molecule has 5 heteroatoms. The van der Waals surface area contributed by atoms with Crippen molar-refractivity contribution in [2.24, 2.45) is 0 Å². The van der Waals surface area contributed by atoms with Crippen molar-refractivity contribution in [3.63, 3.8) is 0 Å². The van der Waals surface area contributed by atoms with Gasteiger partial charge in [-0.2, -0.15) is 0 Å². The molecule has 0 radical (unpaired) electrons. The lowest BCUT2D eigenvalue weighted by atomic mass is 10.2. The standard InChI is InChI=1S/C16H11BrN4/c17-12-9-11(5-6-15(12)21-8-7-18-10-21)16-19-13-3-1-2-4-14(13)20-16/h1-10H,(H,19,20). The number of fused-ring (bicyclic) bond motifs is 1. The Hall–Kier alpha value is -2.40. The number of hydrogen-bond donors (Lipinski definition) is 1. The maximum atomic E-state index is 4.62. The maximum absolute atomic E-state index is 4.62. The van der Waals surface area contributed by atoms with E-state index in [0.717, 1.165) is 32.6 Å². The average Bonchev–Trinajstić information content (AvgIpc) is 3.16. The number of benzene rings is 2. The Labute approximate surface area is 129 Å². The van der Waals surface area contributed by atoms with Gasteiger partial charge in [0.25, 0.3) is 0 Å². The monoisotopic (exact) mass is 338 g/mol. The summed E-state index contributed by atoms with van der Waals surface area (Å²) in [5.41, 5.74) is 4.11. The number of rotatable bonds is 2. The summed E-state index contributed by atoms with van der Waals surface area (Å²) in [7, 11) is 0. The molecule has 0 bridgehead atoms.